The third-order valence-corrected chi connectivity index (χ3v) is 12.2. The van der Waals surface area contributed by atoms with Gasteiger partial charge in [-0.25, -0.2) is 0 Å². The molecule has 2 spiro atoms. The van der Waals surface area contributed by atoms with E-state index in [9.17, 15) is 10.2 Å². The van der Waals surface area contributed by atoms with Gasteiger partial charge in [-0.1, -0.05) is 39.7 Å². The molecule has 0 saturated heterocycles. The van der Waals surface area contributed by atoms with Crippen molar-refractivity contribution in [1.29, 1.82) is 0 Å². The number of aliphatic hydroxyl groups is 1. The van der Waals surface area contributed by atoms with Gasteiger partial charge in [0, 0.05) is 18.1 Å². The fraction of sp³-hybridized carbons (Fsp3) is 0.800. The normalized spacial score (nSPS) is 45.5. The smallest absolute Gasteiger partial charge is 0.165 e. The van der Waals surface area contributed by atoms with Gasteiger partial charge in [0.2, 0.25) is 0 Å². The summed E-state index contributed by atoms with van der Waals surface area (Å²) < 4.78 is 12.9. The first kappa shape index (κ1) is 22.0. The minimum Gasteiger partial charge on any atom is -0.504 e. The Kier molecular flexibility index (Phi) is 4.22. The minimum atomic E-state index is -0.730. The van der Waals surface area contributed by atoms with E-state index < -0.39 is 5.60 Å². The van der Waals surface area contributed by atoms with Gasteiger partial charge >= 0.3 is 0 Å². The van der Waals surface area contributed by atoms with E-state index in [2.05, 4.69) is 33.8 Å². The van der Waals surface area contributed by atoms with Crippen molar-refractivity contribution < 1.29 is 19.7 Å². The number of hydrogen-bond acceptors (Lipinski definition) is 4. The summed E-state index contributed by atoms with van der Waals surface area (Å²) in [5.74, 6) is 4.09. The summed E-state index contributed by atoms with van der Waals surface area (Å²) in [4.78, 5) is 0. The molecule has 0 radical (unpaired) electrons. The Balaban J connectivity index is 1.43. The number of benzene rings is 1. The summed E-state index contributed by atoms with van der Waals surface area (Å²) in [6, 6.07) is 4.05. The molecular formula is C30H42O4. The van der Waals surface area contributed by atoms with E-state index in [0.717, 1.165) is 43.3 Å². The van der Waals surface area contributed by atoms with Crippen LogP contribution in [-0.4, -0.2) is 35.1 Å². The van der Waals surface area contributed by atoms with Crippen molar-refractivity contribution in [1.82, 2.24) is 0 Å². The Hall–Kier alpha value is -1.26. The molecule has 0 amide bonds. The van der Waals surface area contributed by atoms with Crippen molar-refractivity contribution >= 4 is 0 Å². The summed E-state index contributed by atoms with van der Waals surface area (Å²) in [5, 5.41) is 22.8. The summed E-state index contributed by atoms with van der Waals surface area (Å²) in [5.41, 5.74) is 1.88. The van der Waals surface area contributed by atoms with Crippen LogP contribution in [0.1, 0.15) is 83.8 Å². The number of hydrogen-bond donors (Lipinski definition) is 2. The Morgan fingerprint density at radius 1 is 1.12 bits per heavy atom. The van der Waals surface area contributed by atoms with Crippen LogP contribution in [0.2, 0.25) is 0 Å². The van der Waals surface area contributed by atoms with Crippen molar-refractivity contribution in [3.8, 4) is 11.5 Å². The zero-order valence-corrected chi connectivity index (χ0v) is 21.6. The van der Waals surface area contributed by atoms with Gasteiger partial charge < -0.3 is 19.7 Å². The highest BCUT2D eigenvalue weighted by molar-refractivity contribution is 5.62. The molecule has 186 valence electrons. The molecule has 7 rings (SSSR count). The van der Waals surface area contributed by atoms with Crippen molar-refractivity contribution in [2.45, 2.75) is 102 Å². The molecule has 4 nitrogen and oxygen atoms in total. The Morgan fingerprint density at radius 3 is 2.56 bits per heavy atom. The first-order valence-electron chi connectivity index (χ1n) is 13.8. The van der Waals surface area contributed by atoms with Gasteiger partial charge in [0.1, 0.15) is 6.10 Å². The highest BCUT2D eigenvalue weighted by atomic mass is 16.5. The molecule has 9 atom stereocenters. The monoisotopic (exact) mass is 466 g/mol. The quantitative estimate of drug-likeness (QED) is 0.605. The lowest BCUT2D eigenvalue weighted by Gasteiger charge is -2.77. The average molecular weight is 467 g/mol. The molecule has 1 aliphatic heterocycles. The first-order chi connectivity index (χ1) is 16.1. The summed E-state index contributed by atoms with van der Waals surface area (Å²) in [7, 11) is 1.83. The van der Waals surface area contributed by atoms with E-state index in [1.165, 1.54) is 36.8 Å². The lowest BCUT2D eigenvalue weighted by Crippen LogP contribution is -2.79. The highest BCUT2D eigenvalue weighted by Crippen LogP contribution is 2.82. The fourth-order valence-corrected chi connectivity index (χ4v) is 10.1. The van der Waals surface area contributed by atoms with Gasteiger partial charge in [0.25, 0.3) is 0 Å². The number of phenols is 1. The van der Waals surface area contributed by atoms with Gasteiger partial charge in [0.15, 0.2) is 11.5 Å². The van der Waals surface area contributed by atoms with Crippen LogP contribution in [-0.2, 0) is 16.6 Å². The highest BCUT2D eigenvalue weighted by Gasteiger charge is 2.81. The molecule has 2 N–H and O–H groups in total. The van der Waals surface area contributed by atoms with E-state index in [1.807, 2.05) is 13.2 Å². The molecule has 0 aromatic heterocycles. The molecule has 6 aliphatic rings. The molecule has 1 aromatic carbocycles. The van der Waals surface area contributed by atoms with Crippen LogP contribution in [0.5, 0.6) is 11.5 Å². The zero-order chi connectivity index (χ0) is 23.8. The van der Waals surface area contributed by atoms with Gasteiger partial charge in [-0.2, -0.15) is 0 Å². The van der Waals surface area contributed by atoms with E-state index in [-0.39, 0.29) is 34.4 Å². The zero-order valence-electron chi connectivity index (χ0n) is 21.6. The number of methoxy groups -OCH3 is 1. The largest absolute Gasteiger partial charge is 0.504 e. The standard InChI is InChI=1S/C30H42O4/c1-27(2,3)28(4,32)21-15-30-19-13-18-8-9-22(31)25-24(18)29(30,11-10-17(19)12-16-6-7-16)26(34-25)23(33-5)14-20(21)30/h8-9,16-17,19-21,23,26,31-32H,6-7,10-15H2,1-5H3. The van der Waals surface area contributed by atoms with E-state index in [1.54, 1.807) is 0 Å². The maximum absolute atomic E-state index is 11.9. The first-order valence-corrected chi connectivity index (χ1v) is 13.8. The maximum Gasteiger partial charge on any atom is 0.165 e. The van der Waals surface area contributed by atoms with Crippen LogP contribution in [0.4, 0.5) is 0 Å². The van der Waals surface area contributed by atoms with Crippen molar-refractivity contribution in [3.63, 3.8) is 0 Å². The predicted octanol–water partition coefficient (Wildman–Crippen LogP) is 5.61. The molecule has 4 heteroatoms. The third-order valence-electron chi connectivity index (χ3n) is 12.2. The number of ether oxygens (including phenoxy) is 2. The van der Waals surface area contributed by atoms with Crippen LogP contribution in [0.15, 0.2) is 12.1 Å². The molecule has 9 unspecified atom stereocenters. The molecule has 34 heavy (non-hydrogen) atoms. The van der Waals surface area contributed by atoms with Crippen LogP contribution >= 0.6 is 0 Å². The third kappa shape index (κ3) is 2.34. The van der Waals surface area contributed by atoms with E-state index >= 15 is 0 Å². The van der Waals surface area contributed by atoms with Crippen LogP contribution in [0.3, 0.4) is 0 Å². The SMILES string of the molecule is COC1CC2C(C(C)(O)C(C)(C)C)CC23C2Cc4ccc(O)c5c4C3(CCC2CC2CC2)C1O5. The van der Waals surface area contributed by atoms with Crippen molar-refractivity contribution in [2.75, 3.05) is 7.11 Å². The maximum atomic E-state index is 11.9. The van der Waals surface area contributed by atoms with E-state index in [0.29, 0.717) is 17.6 Å². The van der Waals surface area contributed by atoms with Gasteiger partial charge in [-0.15, -0.1) is 0 Å². The van der Waals surface area contributed by atoms with Crippen LogP contribution < -0.4 is 4.74 Å². The Labute approximate surface area is 204 Å². The van der Waals surface area contributed by atoms with Crippen LogP contribution in [0, 0.1) is 40.4 Å². The van der Waals surface area contributed by atoms with Gasteiger partial charge in [-0.05, 0) is 97.5 Å². The second-order valence-corrected chi connectivity index (χ2v) is 14.1. The van der Waals surface area contributed by atoms with Gasteiger partial charge in [-0.3, -0.25) is 0 Å². The molecule has 2 bridgehead atoms. The molecule has 4 fully saturated rings. The number of rotatable bonds is 4. The summed E-state index contributed by atoms with van der Waals surface area (Å²) in [6.07, 6.45) is 9.73. The molecule has 1 heterocycles. The average Bonchev–Trinajstić information content (AvgIpc) is 3.51. The van der Waals surface area contributed by atoms with Crippen molar-refractivity contribution in [2.24, 2.45) is 40.4 Å². The second kappa shape index (κ2) is 6.54. The molecule has 4 saturated carbocycles. The summed E-state index contributed by atoms with van der Waals surface area (Å²) in [6.45, 7) is 8.67. The van der Waals surface area contributed by atoms with Crippen molar-refractivity contribution in [3.05, 3.63) is 23.3 Å². The van der Waals surface area contributed by atoms with Crippen LogP contribution in [0.25, 0.3) is 0 Å². The molecule has 5 aliphatic carbocycles. The lowest BCUT2D eigenvalue weighted by molar-refractivity contribution is -0.302. The van der Waals surface area contributed by atoms with Gasteiger partial charge in [0.05, 0.1) is 11.7 Å². The number of phenolic OH excluding ortho intramolecular Hbond substituents is 1. The molecular weight excluding hydrogens is 424 g/mol. The Bertz CT molecular complexity index is 1030. The molecule has 1 aromatic rings. The minimum absolute atomic E-state index is 0.00456. The lowest BCUT2D eigenvalue weighted by atomic mass is 9.26. The fourth-order valence-electron chi connectivity index (χ4n) is 10.1. The number of aromatic hydroxyl groups is 1. The Morgan fingerprint density at radius 2 is 1.88 bits per heavy atom. The summed E-state index contributed by atoms with van der Waals surface area (Å²) >= 11 is 0. The second-order valence-electron chi connectivity index (χ2n) is 14.1. The van der Waals surface area contributed by atoms with E-state index in [4.69, 9.17) is 9.47 Å². The topological polar surface area (TPSA) is 58.9 Å². The predicted molar refractivity (Wildman–Crippen MR) is 131 cm³/mol.